The summed E-state index contributed by atoms with van der Waals surface area (Å²) in [5, 5.41) is 22.3. The summed E-state index contributed by atoms with van der Waals surface area (Å²) in [4.78, 5) is 11.6. The second-order valence-corrected chi connectivity index (χ2v) is 4.87. The van der Waals surface area contributed by atoms with Gasteiger partial charge in [0, 0.05) is 6.54 Å². The fourth-order valence-electron chi connectivity index (χ4n) is 1.95. The topological polar surface area (TPSA) is 78.8 Å². The maximum atomic E-state index is 11.6. The smallest absolute Gasteiger partial charge is 0.407 e. The van der Waals surface area contributed by atoms with E-state index < -0.39 is 18.3 Å². The number of aliphatic hydroxyl groups excluding tert-OH is 2. The second kappa shape index (κ2) is 8.17. The molecule has 0 saturated heterocycles. The van der Waals surface area contributed by atoms with Crippen molar-refractivity contribution < 1.29 is 19.7 Å². The first-order valence-electron chi connectivity index (χ1n) is 7.02. The quantitative estimate of drug-likeness (QED) is 0.762. The zero-order chi connectivity index (χ0) is 15.8. The van der Waals surface area contributed by atoms with Gasteiger partial charge < -0.3 is 20.3 Å². The number of amides is 1. The first kappa shape index (κ1) is 16.0. The monoisotopic (exact) mass is 301 g/mol. The molecule has 0 spiro atoms. The van der Waals surface area contributed by atoms with Crippen LogP contribution in [0.3, 0.4) is 0 Å². The van der Waals surface area contributed by atoms with Crippen LogP contribution in [0.25, 0.3) is 0 Å². The molecule has 0 aliphatic heterocycles. The summed E-state index contributed by atoms with van der Waals surface area (Å²) in [7, 11) is 0. The Morgan fingerprint density at radius 2 is 1.59 bits per heavy atom. The number of alkyl carbamates (subject to hydrolysis) is 1. The number of hydrogen-bond acceptors (Lipinski definition) is 4. The Bertz CT molecular complexity index is 574. The third kappa shape index (κ3) is 4.87. The number of carbonyl (C=O) groups is 1. The van der Waals surface area contributed by atoms with Gasteiger partial charge in [-0.15, -0.1) is 0 Å². The van der Waals surface area contributed by atoms with Crippen LogP contribution in [0.4, 0.5) is 4.79 Å². The predicted molar refractivity (Wildman–Crippen MR) is 82.0 cm³/mol. The molecule has 2 atom stereocenters. The predicted octanol–water partition coefficient (Wildman–Crippen LogP) is 2.01. The number of nitrogens with one attached hydrogen (secondary N) is 1. The minimum atomic E-state index is -1.10. The number of aliphatic hydroxyl groups is 2. The molecule has 3 N–H and O–H groups in total. The zero-order valence-electron chi connectivity index (χ0n) is 12.1. The Balaban J connectivity index is 1.74. The first-order valence-corrected chi connectivity index (χ1v) is 7.02. The Hall–Kier alpha value is -2.37. The number of carbonyl (C=O) groups excluding carboxylic acids is 1. The van der Waals surface area contributed by atoms with E-state index in [0.29, 0.717) is 5.56 Å². The summed E-state index contributed by atoms with van der Waals surface area (Å²) >= 11 is 0. The van der Waals surface area contributed by atoms with Crippen LogP contribution in [0.5, 0.6) is 0 Å². The molecule has 5 nitrogen and oxygen atoms in total. The molecule has 0 aliphatic carbocycles. The minimum absolute atomic E-state index is 0.0936. The van der Waals surface area contributed by atoms with Gasteiger partial charge in [-0.2, -0.15) is 0 Å². The van der Waals surface area contributed by atoms with Gasteiger partial charge in [0.15, 0.2) is 0 Å². The third-order valence-corrected chi connectivity index (χ3v) is 3.17. The fourth-order valence-corrected chi connectivity index (χ4v) is 1.95. The number of rotatable bonds is 6. The molecule has 2 aromatic carbocycles. The van der Waals surface area contributed by atoms with Crippen LogP contribution in [-0.2, 0) is 11.3 Å². The largest absolute Gasteiger partial charge is 0.445 e. The molecule has 2 aromatic rings. The average Bonchev–Trinajstić information content (AvgIpc) is 2.58. The molecule has 0 heterocycles. The molecule has 0 radical (unpaired) electrons. The zero-order valence-corrected chi connectivity index (χ0v) is 12.1. The van der Waals surface area contributed by atoms with E-state index in [9.17, 15) is 15.0 Å². The van der Waals surface area contributed by atoms with Gasteiger partial charge in [-0.25, -0.2) is 4.79 Å². The highest BCUT2D eigenvalue weighted by Gasteiger charge is 2.18. The third-order valence-electron chi connectivity index (χ3n) is 3.17. The maximum absolute atomic E-state index is 11.6. The number of hydrogen-bond donors (Lipinski definition) is 3. The molecule has 0 saturated carbocycles. The lowest BCUT2D eigenvalue weighted by Crippen LogP contribution is -2.35. The van der Waals surface area contributed by atoms with Gasteiger partial charge in [0.05, 0.1) is 0 Å². The SMILES string of the molecule is O=C(NCC(O)C(O)c1ccccc1)OCc1ccccc1. The van der Waals surface area contributed by atoms with Gasteiger partial charge >= 0.3 is 6.09 Å². The standard InChI is InChI=1S/C17H19NO4/c19-15(16(20)14-9-5-2-6-10-14)11-18-17(21)22-12-13-7-3-1-4-8-13/h1-10,15-16,19-20H,11-12H2,(H,18,21). The lowest BCUT2D eigenvalue weighted by molar-refractivity contribution is 0.0184. The number of benzene rings is 2. The van der Waals surface area contributed by atoms with Gasteiger partial charge in [0.25, 0.3) is 0 Å². The maximum Gasteiger partial charge on any atom is 0.407 e. The van der Waals surface area contributed by atoms with Crippen molar-refractivity contribution in [3.63, 3.8) is 0 Å². The van der Waals surface area contributed by atoms with E-state index in [4.69, 9.17) is 4.74 Å². The summed E-state index contributed by atoms with van der Waals surface area (Å²) in [6.07, 6.45) is -2.80. The molecule has 0 aliphatic rings. The van der Waals surface area contributed by atoms with E-state index >= 15 is 0 Å². The van der Waals surface area contributed by atoms with Crippen molar-refractivity contribution >= 4 is 6.09 Å². The minimum Gasteiger partial charge on any atom is -0.445 e. The lowest BCUT2D eigenvalue weighted by atomic mass is 10.0. The van der Waals surface area contributed by atoms with E-state index in [2.05, 4.69) is 5.32 Å². The Morgan fingerprint density at radius 3 is 2.23 bits per heavy atom. The molecule has 1 amide bonds. The normalized spacial score (nSPS) is 13.2. The van der Waals surface area contributed by atoms with Crippen LogP contribution < -0.4 is 5.32 Å². The summed E-state index contributed by atoms with van der Waals surface area (Å²) in [5.74, 6) is 0. The van der Waals surface area contributed by atoms with Crippen LogP contribution in [0, 0.1) is 0 Å². The summed E-state index contributed by atoms with van der Waals surface area (Å²) in [6.45, 7) is 0.0632. The van der Waals surface area contributed by atoms with Crippen molar-refractivity contribution in [3.05, 3.63) is 71.8 Å². The molecule has 5 heteroatoms. The first-order chi connectivity index (χ1) is 10.7. The van der Waals surface area contributed by atoms with Gasteiger partial charge in [0.1, 0.15) is 18.8 Å². The summed E-state index contributed by atoms with van der Waals surface area (Å²) < 4.78 is 5.02. The van der Waals surface area contributed by atoms with Crippen LogP contribution in [0.2, 0.25) is 0 Å². The van der Waals surface area contributed by atoms with Crippen molar-refractivity contribution in [3.8, 4) is 0 Å². The lowest BCUT2D eigenvalue weighted by Gasteiger charge is -2.18. The molecule has 2 rings (SSSR count). The highest BCUT2D eigenvalue weighted by molar-refractivity contribution is 5.67. The van der Waals surface area contributed by atoms with Crippen molar-refractivity contribution in [1.29, 1.82) is 0 Å². The molecule has 22 heavy (non-hydrogen) atoms. The van der Waals surface area contributed by atoms with E-state index in [1.54, 1.807) is 24.3 Å². The Morgan fingerprint density at radius 1 is 1.00 bits per heavy atom. The van der Waals surface area contributed by atoms with Crippen molar-refractivity contribution in [2.45, 2.75) is 18.8 Å². The van der Waals surface area contributed by atoms with Crippen molar-refractivity contribution in [1.82, 2.24) is 5.32 Å². The van der Waals surface area contributed by atoms with Gasteiger partial charge in [-0.05, 0) is 11.1 Å². The fraction of sp³-hybridized carbons (Fsp3) is 0.235. The van der Waals surface area contributed by atoms with E-state index in [-0.39, 0.29) is 13.2 Å². The molecule has 0 aromatic heterocycles. The average molecular weight is 301 g/mol. The molecular weight excluding hydrogens is 282 g/mol. The Labute approximate surface area is 129 Å². The highest BCUT2D eigenvalue weighted by Crippen LogP contribution is 2.15. The van der Waals surface area contributed by atoms with Crippen LogP contribution >= 0.6 is 0 Å². The Kier molecular flexibility index (Phi) is 5.94. The van der Waals surface area contributed by atoms with Gasteiger partial charge in [0.2, 0.25) is 0 Å². The highest BCUT2D eigenvalue weighted by atomic mass is 16.5. The van der Waals surface area contributed by atoms with E-state index in [1.165, 1.54) is 0 Å². The molecule has 116 valence electrons. The molecule has 2 unspecified atom stereocenters. The number of ether oxygens (including phenoxy) is 1. The van der Waals surface area contributed by atoms with Crippen LogP contribution in [0.1, 0.15) is 17.2 Å². The van der Waals surface area contributed by atoms with E-state index in [1.807, 2.05) is 36.4 Å². The molecule has 0 bridgehead atoms. The van der Waals surface area contributed by atoms with Crippen LogP contribution in [-0.4, -0.2) is 29.0 Å². The molecule has 0 fully saturated rings. The molecular formula is C17H19NO4. The van der Waals surface area contributed by atoms with Crippen molar-refractivity contribution in [2.24, 2.45) is 0 Å². The van der Waals surface area contributed by atoms with Crippen molar-refractivity contribution in [2.75, 3.05) is 6.54 Å². The van der Waals surface area contributed by atoms with Gasteiger partial charge in [-0.1, -0.05) is 60.7 Å². The van der Waals surface area contributed by atoms with E-state index in [0.717, 1.165) is 5.56 Å². The van der Waals surface area contributed by atoms with Gasteiger partial charge in [-0.3, -0.25) is 0 Å². The summed E-state index contributed by atoms with van der Waals surface area (Å²) in [5.41, 5.74) is 1.47. The van der Waals surface area contributed by atoms with Crippen LogP contribution in [0.15, 0.2) is 60.7 Å². The summed E-state index contributed by atoms with van der Waals surface area (Å²) in [6, 6.07) is 18.1. The second-order valence-electron chi connectivity index (χ2n) is 4.87.